The highest BCUT2D eigenvalue weighted by atomic mass is 35.5. The van der Waals surface area contributed by atoms with Crippen molar-refractivity contribution in [2.45, 2.75) is 25.8 Å². The number of aryl methyl sites for hydroxylation is 1. The van der Waals surface area contributed by atoms with Gasteiger partial charge in [0.05, 0.1) is 11.9 Å². The highest BCUT2D eigenvalue weighted by Gasteiger charge is 2.18. The van der Waals surface area contributed by atoms with Crippen LogP contribution >= 0.6 is 11.6 Å². The Hall–Kier alpha value is -1.95. The standard InChI is InChI=1S/C12H12ClN5O/c1-7-3-4-14-12-10(7)16-11(8(2)13)18(12)5-9-15-6-19-17-9/h3-4,6,8H,5H2,1-2H3. The van der Waals surface area contributed by atoms with Crippen LogP contribution in [0.3, 0.4) is 0 Å². The van der Waals surface area contributed by atoms with E-state index in [9.17, 15) is 0 Å². The summed E-state index contributed by atoms with van der Waals surface area (Å²) in [6, 6.07) is 1.93. The fraction of sp³-hybridized carbons (Fsp3) is 0.333. The van der Waals surface area contributed by atoms with Crippen molar-refractivity contribution >= 4 is 22.8 Å². The molecule has 1 unspecified atom stereocenters. The van der Waals surface area contributed by atoms with E-state index in [1.165, 1.54) is 6.39 Å². The molecule has 0 N–H and O–H groups in total. The summed E-state index contributed by atoms with van der Waals surface area (Å²) in [7, 11) is 0. The molecule has 6 nitrogen and oxygen atoms in total. The second-order valence-electron chi connectivity index (χ2n) is 4.32. The van der Waals surface area contributed by atoms with Crippen molar-refractivity contribution in [1.82, 2.24) is 24.7 Å². The number of halogens is 1. The molecule has 0 amide bonds. The van der Waals surface area contributed by atoms with Crippen LogP contribution in [0.1, 0.15) is 29.5 Å². The lowest BCUT2D eigenvalue weighted by Crippen LogP contribution is -2.07. The van der Waals surface area contributed by atoms with E-state index < -0.39 is 0 Å². The average molecular weight is 278 g/mol. The zero-order valence-corrected chi connectivity index (χ0v) is 11.3. The molecule has 0 bridgehead atoms. The number of nitrogens with zero attached hydrogens (tertiary/aromatic N) is 5. The Kier molecular flexibility index (Phi) is 2.94. The third-order valence-electron chi connectivity index (χ3n) is 2.93. The highest BCUT2D eigenvalue weighted by molar-refractivity contribution is 6.20. The zero-order chi connectivity index (χ0) is 13.4. The number of aromatic nitrogens is 5. The van der Waals surface area contributed by atoms with Gasteiger partial charge in [0.1, 0.15) is 11.3 Å². The molecule has 98 valence electrons. The molecule has 3 heterocycles. The van der Waals surface area contributed by atoms with E-state index in [4.69, 9.17) is 16.1 Å². The predicted octanol–water partition coefficient (Wildman–Crippen LogP) is 2.47. The number of hydrogen-bond acceptors (Lipinski definition) is 5. The van der Waals surface area contributed by atoms with Crippen molar-refractivity contribution in [3.8, 4) is 0 Å². The molecule has 0 saturated carbocycles. The van der Waals surface area contributed by atoms with Crippen LogP contribution in [-0.2, 0) is 6.54 Å². The third-order valence-corrected chi connectivity index (χ3v) is 3.12. The number of hydrogen-bond donors (Lipinski definition) is 0. The molecular formula is C12H12ClN5O. The van der Waals surface area contributed by atoms with Crippen molar-refractivity contribution in [1.29, 1.82) is 0 Å². The Morgan fingerprint density at radius 2 is 2.26 bits per heavy atom. The molecule has 0 aliphatic heterocycles. The van der Waals surface area contributed by atoms with E-state index in [1.807, 2.05) is 24.5 Å². The molecule has 0 fully saturated rings. The van der Waals surface area contributed by atoms with E-state index in [2.05, 4.69) is 20.1 Å². The van der Waals surface area contributed by atoms with Gasteiger partial charge in [-0.25, -0.2) is 9.97 Å². The minimum absolute atomic E-state index is 0.222. The predicted molar refractivity (Wildman–Crippen MR) is 69.9 cm³/mol. The molecule has 0 radical (unpaired) electrons. The van der Waals surface area contributed by atoms with Gasteiger partial charge in [0.25, 0.3) is 0 Å². The molecule has 3 aromatic heterocycles. The second kappa shape index (κ2) is 4.62. The summed E-state index contributed by atoms with van der Waals surface area (Å²) < 4.78 is 6.67. The molecule has 0 spiro atoms. The summed E-state index contributed by atoms with van der Waals surface area (Å²) in [6.45, 7) is 4.32. The van der Waals surface area contributed by atoms with Crippen LogP contribution in [-0.4, -0.2) is 24.7 Å². The largest absolute Gasteiger partial charge is 0.343 e. The first-order valence-electron chi connectivity index (χ1n) is 5.88. The van der Waals surface area contributed by atoms with Crippen molar-refractivity contribution in [3.05, 3.63) is 35.9 Å². The number of alkyl halides is 1. The molecule has 0 aliphatic rings. The molecule has 1 atom stereocenters. The number of imidazole rings is 1. The van der Waals surface area contributed by atoms with E-state index in [0.717, 1.165) is 22.6 Å². The summed E-state index contributed by atoms with van der Waals surface area (Å²) in [5, 5.41) is 3.59. The van der Waals surface area contributed by atoms with E-state index in [-0.39, 0.29) is 5.38 Å². The molecule has 0 aromatic carbocycles. The first kappa shape index (κ1) is 12.1. The molecule has 0 aliphatic carbocycles. The van der Waals surface area contributed by atoms with Crippen LogP contribution in [0.2, 0.25) is 0 Å². The maximum absolute atomic E-state index is 6.20. The lowest BCUT2D eigenvalue weighted by Gasteiger charge is -2.07. The maximum Gasteiger partial charge on any atom is 0.213 e. The quantitative estimate of drug-likeness (QED) is 0.688. The summed E-state index contributed by atoms with van der Waals surface area (Å²) in [5.41, 5.74) is 2.70. The van der Waals surface area contributed by atoms with Crippen LogP contribution in [0.25, 0.3) is 11.2 Å². The molecule has 19 heavy (non-hydrogen) atoms. The normalized spacial score (nSPS) is 13.0. The van der Waals surface area contributed by atoms with Crippen molar-refractivity contribution in [2.75, 3.05) is 0 Å². The second-order valence-corrected chi connectivity index (χ2v) is 4.97. The molecule has 3 rings (SSSR count). The summed E-state index contributed by atoms with van der Waals surface area (Å²) in [6.07, 6.45) is 3.06. The van der Waals surface area contributed by atoms with Gasteiger partial charge < -0.3 is 9.09 Å². The van der Waals surface area contributed by atoms with Crippen molar-refractivity contribution in [3.63, 3.8) is 0 Å². The van der Waals surface area contributed by atoms with Crippen LogP contribution in [0, 0.1) is 6.92 Å². The average Bonchev–Trinajstić information content (AvgIpc) is 2.99. The van der Waals surface area contributed by atoms with E-state index >= 15 is 0 Å². The van der Waals surface area contributed by atoms with Crippen LogP contribution in [0.15, 0.2) is 23.2 Å². The Labute approximate surface area is 114 Å². The van der Waals surface area contributed by atoms with Gasteiger partial charge >= 0.3 is 0 Å². The number of pyridine rings is 1. The van der Waals surface area contributed by atoms with Gasteiger partial charge in [-0.1, -0.05) is 5.16 Å². The molecule has 7 heteroatoms. The van der Waals surface area contributed by atoms with Gasteiger partial charge in [0.2, 0.25) is 6.39 Å². The smallest absolute Gasteiger partial charge is 0.213 e. The molecule has 0 saturated heterocycles. The summed E-state index contributed by atoms with van der Waals surface area (Å²) >= 11 is 6.20. The minimum Gasteiger partial charge on any atom is -0.343 e. The van der Waals surface area contributed by atoms with Gasteiger partial charge in [-0.2, -0.15) is 4.98 Å². The number of fused-ring (bicyclic) bond motifs is 1. The van der Waals surface area contributed by atoms with E-state index in [1.54, 1.807) is 6.20 Å². The SMILES string of the molecule is Cc1ccnc2c1nc(C(C)Cl)n2Cc1ncon1. The van der Waals surface area contributed by atoms with Gasteiger partial charge in [-0.05, 0) is 25.5 Å². The number of rotatable bonds is 3. The summed E-state index contributed by atoms with van der Waals surface area (Å²) in [4.78, 5) is 13.0. The highest BCUT2D eigenvalue weighted by Crippen LogP contribution is 2.25. The zero-order valence-electron chi connectivity index (χ0n) is 10.5. The monoisotopic (exact) mass is 277 g/mol. The Morgan fingerprint density at radius 1 is 1.42 bits per heavy atom. The minimum atomic E-state index is -0.222. The van der Waals surface area contributed by atoms with Crippen molar-refractivity contribution < 1.29 is 4.52 Å². The fourth-order valence-electron chi connectivity index (χ4n) is 2.02. The van der Waals surface area contributed by atoms with Gasteiger partial charge in [-0.3, -0.25) is 0 Å². The summed E-state index contributed by atoms with van der Waals surface area (Å²) in [5.74, 6) is 1.32. The lowest BCUT2D eigenvalue weighted by atomic mass is 10.3. The lowest BCUT2D eigenvalue weighted by molar-refractivity contribution is 0.408. The van der Waals surface area contributed by atoms with Gasteiger partial charge in [0.15, 0.2) is 11.5 Å². The van der Waals surface area contributed by atoms with Gasteiger partial charge in [0, 0.05) is 6.20 Å². The Bertz CT molecular complexity index is 704. The third kappa shape index (κ3) is 2.08. The van der Waals surface area contributed by atoms with Crippen molar-refractivity contribution in [2.24, 2.45) is 0 Å². The van der Waals surface area contributed by atoms with E-state index in [0.29, 0.717) is 12.4 Å². The topological polar surface area (TPSA) is 69.6 Å². The van der Waals surface area contributed by atoms with Crippen LogP contribution in [0.4, 0.5) is 0 Å². The Morgan fingerprint density at radius 3 is 2.95 bits per heavy atom. The first-order valence-corrected chi connectivity index (χ1v) is 6.31. The fourth-order valence-corrected chi connectivity index (χ4v) is 2.18. The molecule has 3 aromatic rings. The Balaban J connectivity index is 2.19. The van der Waals surface area contributed by atoms with Gasteiger partial charge in [-0.15, -0.1) is 11.6 Å². The molecular weight excluding hydrogens is 266 g/mol. The first-order chi connectivity index (χ1) is 9.16. The maximum atomic E-state index is 6.20. The van der Waals surface area contributed by atoms with Crippen LogP contribution in [0.5, 0.6) is 0 Å². The van der Waals surface area contributed by atoms with Crippen LogP contribution < -0.4 is 0 Å².